The number of halogens is 3. The van der Waals surface area contributed by atoms with Crippen molar-refractivity contribution in [3.63, 3.8) is 0 Å². The molecule has 0 aliphatic carbocycles. The molecule has 1 aromatic heterocycles. The lowest BCUT2D eigenvalue weighted by Crippen LogP contribution is -2.32. The van der Waals surface area contributed by atoms with Gasteiger partial charge < -0.3 is 10.6 Å². The summed E-state index contributed by atoms with van der Waals surface area (Å²) in [5, 5.41) is 13.7. The normalized spacial score (nSPS) is 16.7. The van der Waals surface area contributed by atoms with E-state index in [1.165, 1.54) is 6.07 Å². The first-order valence-electron chi connectivity index (χ1n) is 9.19. The van der Waals surface area contributed by atoms with Crippen molar-refractivity contribution < 1.29 is 14.0 Å². The number of H-pyrrole nitrogens is 1. The molecule has 1 aliphatic rings. The summed E-state index contributed by atoms with van der Waals surface area (Å²) in [6, 6.07) is 9.72. The predicted octanol–water partition coefficient (Wildman–Crippen LogP) is 5.02. The summed E-state index contributed by atoms with van der Waals surface area (Å²) in [5.74, 6) is -1.51. The van der Waals surface area contributed by atoms with Gasteiger partial charge in [0.05, 0.1) is 11.9 Å². The van der Waals surface area contributed by atoms with E-state index in [1.54, 1.807) is 37.3 Å². The number of hydrogen-bond acceptors (Lipinski definition) is 3. The fourth-order valence-electron chi connectivity index (χ4n) is 3.68. The quantitative estimate of drug-likeness (QED) is 0.479. The third kappa shape index (κ3) is 4.11. The number of anilines is 1. The number of nitrogens with one attached hydrogen (secondary N) is 3. The summed E-state index contributed by atoms with van der Waals surface area (Å²) in [4.78, 5) is 24.9. The molecule has 9 heteroatoms. The highest BCUT2D eigenvalue weighted by molar-refractivity contribution is 9.10. The fourth-order valence-corrected chi connectivity index (χ4v) is 4.25. The average Bonchev–Trinajstić information content (AvgIpc) is 3.04. The van der Waals surface area contributed by atoms with Gasteiger partial charge in [0.25, 0.3) is 0 Å². The van der Waals surface area contributed by atoms with Gasteiger partial charge in [0, 0.05) is 34.1 Å². The summed E-state index contributed by atoms with van der Waals surface area (Å²) in [6.07, 6.45) is 0.0792. The van der Waals surface area contributed by atoms with Gasteiger partial charge in [-0.3, -0.25) is 14.7 Å². The van der Waals surface area contributed by atoms with Gasteiger partial charge in [-0.2, -0.15) is 5.10 Å². The van der Waals surface area contributed by atoms with Gasteiger partial charge in [-0.1, -0.05) is 17.7 Å². The van der Waals surface area contributed by atoms with Crippen LogP contribution in [-0.4, -0.2) is 22.0 Å². The zero-order chi connectivity index (χ0) is 21.4. The Balaban J connectivity index is 1.59. The Morgan fingerprint density at radius 2 is 2.13 bits per heavy atom. The van der Waals surface area contributed by atoms with Gasteiger partial charge in [-0.05, 0) is 64.3 Å². The summed E-state index contributed by atoms with van der Waals surface area (Å²) >= 11 is 9.25. The van der Waals surface area contributed by atoms with Gasteiger partial charge in [0.2, 0.25) is 11.8 Å². The number of amides is 2. The van der Waals surface area contributed by atoms with Crippen LogP contribution in [0.25, 0.3) is 10.9 Å². The number of rotatable bonds is 4. The Bertz CT molecular complexity index is 1210. The standard InChI is InChI=1S/C21H17BrClFN4O2/c1-10-14(15(9-19(29)25-10)13-4-2-11(23)6-17(13)24)8-20(30)26-12-3-5-18-16(7-12)21(22)28-27-18/h2-7,15H,8-9H2,1H3,(H,25,29)(H,26,30)(H,27,28). The third-order valence-electron chi connectivity index (χ3n) is 5.10. The van der Waals surface area contributed by atoms with Crippen molar-refractivity contribution in [2.75, 3.05) is 5.32 Å². The van der Waals surface area contributed by atoms with Crippen LogP contribution < -0.4 is 10.6 Å². The summed E-state index contributed by atoms with van der Waals surface area (Å²) in [6.45, 7) is 1.72. The second-order valence-corrected chi connectivity index (χ2v) is 8.34. The molecule has 0 spiro atoms. The number of carbonyl (C=O) groups is 2. The van der Waals surface area contributed by atoms with Crippen LogP contribution in [0, 0.1) is 5.82 Å². The van der Waals surface area contributed by atoms with E-state index in [0.29, 0.717) is 22.5 Å². The molecule has 0 saturated carbocycles. The first kappa shape index (κ1) is 20.6. The maximum absolute atomic E-state index is 14.5. The molecule has 1 unspecified atom stereocenters. The summed E-state index contributed by atoms with van der Waals surface area (Å²) in [5.41, 5.74) is 2.96. The molecule has 1 aliphatic heterocycles. The summed E-state index contributed by atoms with van der Waals surface area (Å²) in [7, 11) is 0. The molecule has 2 aromatic carbocycles. The van der Waals surface area contributed by atoms with Crippen LogP contribution in [0.1, 0.15) is 31.2 Å². The zero-order valence-corrected chi connectivity index (χ0v) is 18.2. The Hall–Kier alpha value is -2.71. The number of aromatic amines is 1. The number of aromatic nitrogens is 2. The SMILES string of the molecule is CC1=C(CC(=O)Nc2ccc3n[nH]c(Br)c3c2)C(c2ccc(Cl)cc2F)CC(=O)N1. The smallest absolute Gasteiger partial charge is 0.228 e. The molecule has 6 nitrogen and oxygen atoms in total. The van der Waals surface area contributed by atoms with E-state index in [0.717, 1.165) is 15.5 Å². The van der Waals surface area contributed by atoms with E-state index >= 15 is 0 Å². The predicted molar refractivity (Wildman–Crippen MR) is 117 cm³/mol. The van der Waals surface area contributed by atoms with Crippen LogP contribution in [-0.2, 0) is 9.59 Å². The largest absolute Gasteiger partial charge is 0.330 e. The van der Waals surface area contributed by atoms with E-state index in [4.69, 9.17) is 11.6 Å². The maximum atomic E-state index is 14.5. The topological polar surface area (TPSA) is 86.9 Å². The number of nitrogens with zero attached hydrogens (tertiary/aromatic N) is 1. The number of hydrogen-bond donors (Lipinski definition) is 3. The van der Waals surface area contributed by atoms with E-state index in [2.05, 4.69) is 36.8 Å². The van der Waals surface area contributed by atoms with E-state index < -0.39 is 11.7 Å². The lowest BCUT2D eigenvalue weighted by atomic mass is 9.82. The Morgan fingerprint density at radius 3 is 2.90 bits per heavy atom. The van der Waals surface area contributed by atoms with Crippen molar-refractivity contribution in [2.45, 2.75) is 25.7 Å². The van der Waals surface area contributed by atoms with Crippen LogP contribution in [0.2, 0.25) is 5.02 Å². The van der Waals surface area contributed by atoms with E-state index in [9.17, 15) is 14.0 Å². The van der Waals surface area contributed by atoms with Gasteiger partial charge in [-0.15, -0.1) is 0 Å². The third-order valence-corrected chi connectivity index (χ3v) is 5.94. The molecule has 4 rings (SSSR count). The molecule has 0 fully saturated rings. The van der Waals surface area contributed by atoms with Gasteiger partial charge in [-0.25, -0.2) is 4.39 Å². The van der Waals surface area contributed by atoms with Crippen molar-refractivity contribution in [2.24, 2.45) is 0 Å². The maximum Gasteiger partial charge on any atom is 0.228 e. The number of benzene rings is 2. The minimum atomic E-state index is -0.535. The van der Waals surface area contributed by atoms with E-state index in [1.807, 2.05) is 0 Å². The minimum absolute atomic E-state index is 0.0173. The van der Waals surface area contributed by atoms with Crippen molar-refractivity contribution in [1.82, 2.24) is 15.5 Å². The molecule has 1 atom stereocenters. The minimum Gasteiger partial charge on any atom is -0.330 e. The highest BCUT2D eigenvalue weighted by Crippen LogP contribution is 2.37. The van der Waals surface area contributed by atoms with Crippen LogP contribution in [0.15, 0.2) is 52.3 Å². The molecule has 2 heterocycles. The van der Waals surface area contributed by atoms with E-state index in [-0.39, 0.29) is 29.7 Å². The number of allylic oxidation sites excluding steroid dienone is 1. The van der Waals surface area contributed by atoms with Crippen LogP contribution in [0.4, 0.5) is 10.1 Å². The van der Waals surface area contributed by atoms with Crippen molar-refractivity contribution in [3.05, 3.63) is 68.7 Å². The fraction of sp³-hybridized carbons (Fsp3) is 0.190. The molecule has 2 amide bonds. The van der Waals surface area contributed by atoms with Crippen molar-refractivity contribution in [3.8, 4) is 0 Å². The van der Waals surface area contributed by atoms with Gasteiger partial charge >= 0.3 is 0 Å². The molecular weight excluding hydrogens is 475 g/mol. The Kier molecular flexibility index (Phi) is 5.62. The average molecular weight is 492 g/mol. The molecule has 0 bridgehead atoms. The molecular formula is C21H17BrClFN4O2. The second-order valence-electron chi connectivity index (χ2n) is 7.12. The number of carbonyl (C=O) groups excluding carboxylic acids is 2. The first-order chi connectivity index (χ1) is 14.3. The zero-order valence-electron chi connectivity index (χ0n) is 15.9. The molecule has 3 N–H and O–H groups in total. The molecule has 30 heavy (non-hydrogen) atoms. The molecule has 0 radical (unpaired) electrons. The summed E-state index contributed by atoms with van der Waals surface area (Å²) < 4.78 is 15.3. The lowest BCUT2D eigenvalue weighted by Gasteiger charge is -2.28. The Labute approximate surface area is 185 Å². The van der Waals surface area contributed by atoms with Crippen LogP contribution in [0.3, 0.4) is 0 Å². The number of fused-ring (bicyclic) bond motifs is 1. The van der Waals surface area contributed by atoms with Crippen LogP contribution >= 0.6 is 27.5 Å². The van der Waals surface area contributed by atoms with Crippen molar-refractivity contribution in [1.29, 1.82) is 0 Å². The molecule has 154 valence electrons. The van der Waals surface area contributed by atoms with Crippen LogP contribution in [0.5, 0.6) is 0 Å². The highest BCUT2D eigenvalue weighted by atomic mass is 79.9. The first-order valence-corrected chi connectivity index (χ1v) is 10.4. The second kappa shape index (κ2) is 8.20. The van der Waals surface area contributed by atoms with Gasteiger partial charge in [0.1, 0.15) is 10.4 Å². The Morgan fingerprint density at radius 1 is 1.33 bits per heavy atom. The molecule has 3 aromatic rings. The van der Waals surface area contributed by atoms with Crippen molar-refractivity contribution >= 4 is 55.9 Å². The lowest BCUT2D eigenvalue weighted by molar-refractivity contribution is -0.121. The monoisotopic (exact) mass is 490 g/mol. The molecule has 0 saturated heterocycles. The van der Waals surface area contributed by atoms with Gasteiger partial charge in [0.15, 0.2) is 0 Å². The highest BCUT2D eigenvalue weighted by Gasteiger charge is 2.30.